The van der Waals surface area contributed by atoms with Gasteiger partial charge >= 0.3 is 0 Å². The summed E-state index contributed by atoms with van der Waals surface area (Å²) >= 11 is 12.2. The fourth-order valence-electron chi connectivity index (χ4n) is 3.82. The molecule has 1 aromatic heterocycles. The van der Waals surface area contributed by atoms with Gasteiger partial charge in [0.1, 0.15) is 10.6 Å². The van der Waals surface area contributed by atoms with Crippen molar-refractivity contribution in [3.63, 3.8) is 0 Å². The second-order valence-electron chi connectivity index (χ2n) is 7.09. The Kier molecular flexibility index (Phi) is 6.63. The molecule has 1 saturated heterocycles. The molecule has 3 rings (SSSR count). The number of likely N-dealkylation sites (tertiary alicyclic amines) is 1. The molecule has 0 bridgehead atoms. The SMILES string of the molecule is CCN(CC)S(=O)(=O)c1cc(C(=O)N2CCCC2c2ccc(Cl)c(Cl)c2)n(C)c1. The summed E-state index contributed by atoms with van der Waals surface area (Å²) in [7, 11) is -1.93. The number of benzene rings is 1. The summed E-state index contributed by atoms with van der Waals surface area (Å²) < 4.78 is 28.6. The van der Waals surface area contributed by atoms with Crippen molar-refractivity contribution in [3.05, 3.63) is 51.8 Å². The monoisotopic (exact) mass is 457 g/mol. The van der Waals surface area contributed by atoms with E-state index < -0.39 is 10.0 Å². The highest BCUT2D eigenvalue weighted by Gasteiger charge is 2.33. The molecule has 2 heterocycles. The number of sulfonamides is 1. The molecule has 0 aliphatic carbocycles. The van der Waals surface area contributed by atoms with Gasteiger partial charge < -0.3 is 9.47 Å². The second-order valence-corrected chi connectivity index (χ2v) is 9.84. The van der Waals surface area contributed by atoms with Crippen molar-refractivity contribution in [3.8, 4) is 0 Å². The van der Waals surface area contributed by atoms with Gasteiger partial charge in [0.25, 0.3) is 5.91 Å². The van der Waals surface area contributed by atoms with Crippen LogP contribution in [0.2, 0.25) is 10.0 Å². The van der Waals surface area contributed by atoms with Crippen LogP contribution in [0.25, 0.3) is 0 Å². The van der Waals surface area contributed by atoms with Gasteiger partial charge in [-0.25, -0.2) is 8.42 Å². The van der Waals surface area contributed by atoms with Crippen LogP contribution >= 0.6 is 23.2 Å². The lowest BCUT2D eigenvalue weighted by atomic mass is 10.0. The van der Waals surface area contributed by atoms with Gasteiger partial charge in [0, 0.05) is 32.9 Å². The Morgan fingerprint density at radius 3 is 2.48 bits per heavy atom. The van der Waals surface area contributed by atoms with E-state index in [1.54, 1.807) is 42.5 Å². The molecule has 1 aliphatic rings. The van der Waals surface area contributed by atoms with E-state index >= 15 is 0 Å². The first-order valence-electron chi connectivity index (χ1n) is 9.63. The largest absolute Gasteiger partial charge is 0.345 e. The first kappa shape index (κ1) is 22.2. The van der Waals surface area contributed by atoms with Gasteiger partial charge in [-0.3, -0.25) is 4.79 Å². The number of carbonyl (C=O) groups is 1. The molecule has 1 aromatic carbocycles. The van der Waals surface area contributed by atoms with Crippen molar-refractivity contribution in [1.82, 2.24) is 13.8 Å². The Hall–Kier alpha value is -1.54. The highest BCUT2D eigenvalue weighted by atomic mass is 35.5. The summed E-state index contributed by atoms with van der Waals surface area (Å²) in [6.07, 6.45) is 3.19. The lowest BCUT2D eigenvalue weighted by Gasteiger charge is -2.25. The van der Waals surface area contributed by atoms with Gasteiger partial charge in [0.05, 0.1) is 16.1 Å². The van der Waals surface area contributed by atoms with Crippen molar-refractivity contribution < 1.29 is 13.2 Å². The molecule has 0 N–H and O–H groups in total. The fourth-order valence-corrected chi connectivity index (χ4v) is 5.66. The minimum Gasteiger partial charge on any atom is -0.345 e. The first-order chi connectivity index (χ1) is 13.7. The smallest absolute Gasteiger partial charge is 0.271 e. The molecule has 9 heteroatoms. The maximum atomic E-state index is 13.3. The van der Waals surface area contributed by atoms with Crippen molar-refractivity contribution in [2.45, 2.75) is 37.6 Å². The van der Waals surface area contributed by atoms with Crippen molar-refractivity contribution in [2.75, 3.05) is 19.6 Å². The summed E-state index contributed by atoms with van der Waals surface area (Å²) in [6.45, 7) is 4.95. The van der Waals surface area contributed by atoms with E-state index in [-0.39, 0.29) is 16.8 Å². The molecule has 1 aliphatic heterocycles. The van der Waals surface area contributed by atoms with Crippen molar-refractivity contribution >= 4 is 39.1 Å². The zero-order chi connectivity index (χ0) is 21.3. The summed E-state index contributed by atoms with van der Waals surface area (Å²) in [6, 6.07) is 6.76. The van der Waals surface area contributed by atoms with E-state index in [9.17, 15) is 13.2 Å². The van der Waals surface area contributed by atoms with Gasteiger partial charge in [-0.2, -0.15) is 4.31 Å². The van der Waals surface area contributed by atoms with E-state index in [1.165, 1.54) is 16.6 Å². The number of rotatable bonds is 6. The molecule has 6 nitrogen and oxygen atoms in total. The van der Waals surface area contributed by atoms with Crippen LogP contribution in [0, 0.1) is 0 Å². The molecule has 0 radical (unpaired) electrons. The number of carbonyl (C=O) groups excluding carboxylic acids is 1. The van der Waals surface area contributed by atoms with Gasteiger partial charge in [0.15, 0.2) is 0 Å². The molecular weight excluding hydrogens is 433 g/mol. The first-order valence-corrected chi connectivity index (χ1v) is 11.8. The summed E-state index contributed by atoms with van der Waals surface area (Å²) in [4.78, 5) is 15.2. The standard InChI is InChI=1S/C20H25Cl2N3O3S/c1-4-24(5-2)29(27,28)15-12-19(23(3)13-15)20(26)25-10-6-7-18(25)14-8-9-16(21)17(22)11-14/h8-9,11-13,18H,4-7,10H2,1-3H3. The van der Waals surface area contributed by atoms with E-state index in [0.717, 1.165) is 18.4 Å². The van der Waals surface area contributed by atoms with Crippen LogP contribution in [-0.2, 0) is 17.1 Å². The Morgan fingerprint density at radius 1 is 1.17 bits per heavy atom. The Morgan fingerprint density at radius 2 is 1.86 bits per heavy atom. The van der Waals surface area contributed by atoms with E-state index in [1.807, 2.05) is 6.07 Å². The van der Waals surface area contributed by atoms with E-state index in [2.05, 4.69) is 0 Å². The van der Waals surface area contributed by atoms with Gasteiger partial charge in [-0.05, 0) is 36.6 Å². The molecule has 0 saturated carbocycles. The second kappa shape index (κ2) is 8.68. The topological polar surface area (TPSA) is 62.6 Å². The molecule has 1 amide bonds. The number of halogens is 2. The Balaban J connectivity index is 1.92. The van der Waals surface area contributed by atoms with Gasteiger partial charge in [-0.15, -0.1) is 0 Å². The van der Waals surface area contributed by atoms with Crippen molar-refractivity contribution in [1.29, 1.82) is 0 Å². The van der Waals surface area contributed by atoms with Crippen LogP contribution in [0.5, 0.6) is 0 Å². The zero-order valence-corrected chi connectivity index (χ0v) is 19.1. The minimum absolute atomic E-state index is 0.116. The van der Waals surface area contributed by atoms with E-state index in [4.69, 9.17) is 23.2 Å². The van der Waals surface area contributed by atoms with Crippen LogP contribution in [-0.4, -0.2) is 47.7 Å². The number of aryl methyl sites for hydroxylation is 1. The Labute approximate surface area is 182 Å². The molecule has 29 heavy (non-hydrogen) atoms. The average Bonchev–Trinajstić information content (AvgIpc) is 3.31. The molecule has 1 atom stereocenters. The minimum atomic E-state index is -3.63. The lowest BCUT2D eigenvalue weighted by Crippen LogP contribution is -2.32. The number of aromatic nitrogens is 1. The average molecular weight is 458 g/mol. The maximum Gasteiger partial charge on any atom is 0.271 e. The molecule has 0 spiro atoms. The molecular formula is C20H25Cl2N3O3S. The Bertz CT molecular complexity index is 1020. The number of hydrogen-bond donors (Lipinski definition) is 0. The fraction of sp³-hybridized carbons (Fsp3) is 0.450. The third-order valence-electron chi connectivity index (χ3n) is 5.38. The predicted molar refractivity (Wildman–Crippen MR) is 115 cm³/mol. The highest BCUT2D eigenvalue weighted by molar-refractivity contribution is 7.89. The summed E-state index contributed by atoms with van der Waals surface area (Å²) in [5.41, 5.74) is 1.28. The molecule has 1 fully saturated rings. The van der Waals surface area contributed by atoms with E-state index in [0.29, 0.717) is 35.4 Å². The third kappa shape index (κ3) is 4.19. The van der Waals surface area contributed by atoms with Gasteiger partial charge in [0.2, 0.25) is 10.0 Å². The molecule has 158 valence electrons. The van der Waals surface area contributed by atoms with Crippen molar-refractivity contribution in [2.24, 2.45) is 7.05 Å². The van der Waals surface area contributed by atoms with Crippen LogP contribution in [0.1, 0.15) is 48.8 Å². The number of hydrogen-bond acceptors (Lipinski definition) is 3. The van der Waals surface area contributed by atoms with Gasteiger partial charge in [-0.1, -0.05) is 43.1 Å². The third-order valence-corrected chi connectivity index (χ3v) is 8.14. The molecule has 1 unspecified atom stereocenters. The summed E-state index contributed by atoms with van der Waals surface area (Å²) in [5.74, 6) is -0.193. The van der Waals surface area contributed by atoms with Crippen LogP contribution in [0.15, 0.2) is 35.4 Å². The zero-order valence-electron chi connectivity index (χ0n) is 16.7. The predicted octanol–water partition coefficient (Wildman–Crippen LogP) is 4.34. The lowest BCUT2D eigenvalue weighted by molar-refractivity contribution is 0.0726. The molecule has 2 aromatic rings. The highest BCUT2D eigenvalue weighted by Crippen LogP contribution is 2.36. The van der Waals surface area contributed by atoms with Crippen LogP contribution in [0.4, 0.5) is 0 Å². The quantitative estimate of drug-likeness (QED) is 0.647. The number of nitrogens with zero attached hydrogens (tertiary/aromatic N) is 3. The summed E-state index contributed by atoms with van der Waals surface area (Å²) in [5, 5.41) is 0.926. The van der Waals surface area contributed by atoms with Crippen LogP contribution in [0.3, 0.4) is 0 Å². The number of amides is 1. The maximum absolute atomic E-state index is 13.3. The normalized spacial score (nSPS) is 17.3. The van der Waals surface area contributed by atoms with Crippen LogP contribution < -0.4 is 0 Å².